The first kappa shape index (κ1) is 14.7. The average molecular weight is 317 g/mol. The van der Waals surface area contributed by atoms with Crippen LogP contribution in [0.3, 0.4) is 0 Å². The summed E-state index contributed by atoms with van der Waals surface area (Å²) in [6, 6.07) is 10.4. The second kappa shape index (κ2) is 5.34. The molecule has 24 heavy (non-hydrogen) atoms. The first-order valence-corrected chi connectivity index (χ1v) is 8.02. The quantitative estimate of drug-likeness (QED) is 0.527. The van der Waals surface area contributed by atoms with Gasteiger partial charge in [-0.15, -0.1) is 0 Å². The predicted octanol–water partition coefficient (Wildman–Crippen LogP) is 4.91. The van der Waals surface area contributed by atoms with Gasteiger partial charge in [-0.2, -0.15) is 0 Å². The van der Waals surface area contributed by atoms with Crippen LogP contribution in [0.15, 0.2) is 47.1 Å². The third-order valence-electron chi connectivity index (χ3n) is 4.27. The molecule has 0 saturated heterocycles. The minimum absolute atomic E-state index is 0.677. The second-order valence-corrected chi connectivity index (χ2v) is 6.28. The summed E-state index contributed by atoms with van der Waals surface area (Å²) in [6.07, 6.45) is 3.85. The molecule has 0 atom stereocenters. The number of hydrogen-bond acceptors (Lipinski definition) is 3. The Kier molecular flexibility index (Phi) is 3.27. The molecule has 0 saturated carbocycles. The molecule has 0 aliphatic heterocycles. The van der Waals surface area contributed by atoms with Gasteiger partial charge in [0.2, 0.25) is 0 Å². The van der Waals surface area contributed by atoms with E-state index in [2.05, 4.69) is 47.4 Å². The summed E-state index contributed by atoms with van der Waals surface area (Å²) in [4.78, 5) is 8.94. The lowest BCUT2D eigenvalue weighted by Crippen LogP contribution is -2.02. The smallest absolute Gasteiger partial charge is 0.192 e. The van der Waals surface area contributed by atoms with Crippen LogP contribution >= 0.6 is 0 Å². The molecule has 0 aliphatic carbocycles. The molecule has 4 rings (SSSR count). The molecule has 0 bridgehead atoms. The molecule has 0 unspecified atom stereocenters. The van der Waals surface area contributed by atoms with Crippen LogP contribution in [-0.4, -0.2) is 14.5 Å². The molecule has 0 radical (unpaired) electrons. The minimum Gasteiger partial charge on any atom is -0.441 e. The van der Waals surface area contributed by atoms with E-state index in [1.165, 1.54) is 22.4 Å². The normalized spacial score (nSPS) is 11.3. The highest BCUT2D eigenvalue weighted by Crippen LogP contribution is 2.29. The van der Waals surface area contributed by atoms with Gasteiger partial charge in [0.15, 0.2) is 11.5 Å². The molecule has 0 aliphatic rings. The molecular formula is C20H19N3O. The molecular weight excluding hydrogens is 298 g/mol. The Morgan fingerprint density at radius 2 is 1.71 bits per heavy atom. The predicted molar refractivity (Wildman–Crippen MR) is 95.5 cm³/mol. The lowest BCUT2D eigenvalue weighted by molar-refractivity contribution is 0.561. The molecule has 0 amide bonds. The second-order valence-electron chi connectivity index (χ2n) is 6.28. The summed E-state index contributed by atoms with van der Waals surface area (Å²) in [5.74, 6) is 1.58. The SMILES string of the molecule is Cc1cc(C)c(-n2ccnc2-c2ccc3nc(C)oc3c2)c(C)c1. The maximum absolute atomic E-state index is 5.67. The highest BCUT2D eigenvalue weighted by molar-refractivity contribution is 5.79. The van der Waals surface area contributed by atoms with Crippen LogP contribution in [0.4, 0.5) is 0 Å². The molecule has 2 aromatic heterocycles. The van der Waals surface area contributed by atoms with E-state index in [1.54, 1.807) is 0 Å². The Morgan fingerprint density at radius 3 is 2.46 bits per heavy atom. The molecule has 0 N–H and O–H groups in total. The van der Waals surface area contributed by atoms with Crippen molar-refractivity contribution >= 4 is 11.1 Å². The van der Waals surface area contributed by atoms with Gasteiger partial charge in [-0.25, -0.2) is 9.97 Å². The van der Waals surface area contributed by atoms with Crippen LogP contribution in [0.25, 0.3) is 28.2 Å². The lowest BCUT2D eigenvalue weighted by atomic mass is 10.0. The monoisotopic (exact) mass is 317 g/mol. The van der Waals surface area contributed by atoms with Crippen molar-refractivity contribution in [1.82, 2.24) is 14.5 Å². The van der Waals surface area contributed by atoms with Gasteiger partial charge in [0.25, 0.3) is 0 Å². The molecule has 0 spiro atoms. The lowest BCUT2D eigenvalue weighted by Gasteiger charge is -2.15. The van der Waals surface area contributed by atoms with E-state index in [0.29, 0.717) is 5.89 Å². The Balaban J connectivity index is 1.91. The van der Waals surface area contributed by atoms with Crippen molar-refractivity contribution in [3.8, 4) is 17.1 Å². The zero-order chi connectivity index (χ0) is 16.8. The van der Waals surface area contributed by atoms with E-state index in [9.17, 15) is 0 Å². The molecule has 2 aromatic carbocycles. The first-order chi connectivity index (χ1) is 11.5. The third kappa shape index (κ3) is 2.31. The number of rotatable bonds is 2. The van der Waals surface area contributed by atoms with Gasteiger partial charge in [-0.05, 0) is 50.1 Å². The van der Waals surface area contributed by atoms with Crippen molar-refractivity contribution in [2.45, 2.75) is 27.7 Å². The van der Waals surface area contributed by atoms with E-state index in [4.69, 9.17) is 4.42 Å². The summed E-state index contributed by atoms with van der Waals surface area (Å²) in [5.41, 5.74) is 7.61. The zero-order valence-corrected chi connectivity index (χ0v) is 14.3. The molecule has 0 fully saturated rings. The fourth-order valence-electron chi connectivity index (χ4n) is 3.43. The maximum atomic E-state index is 5.67. The summed E-state index contributed by atoms with van der Waals surface area (Å²) < 4.78 is 7.81. The molecule has 4 heteroatoms. The number of nitrogens with zero attached hydrogens (tertiary/aromatic N) is 3. The summed E-state index contributed by atoms with van der Waals surface area (Å²) in [7, 11) is 0. The van der Waals surface area contributed by atoms with Gasteiger partial charge in [0, 0.05) is 24.9 Å². The van der Waals surface area contributed by atoms with E-state index < -0.39 is 0 Å². The van der Waals surface area contributed by atoms with Crippen molar-refractivity contribution < 1.29 is 4.42 Å². The van der Waals surface area contributed by atoms with Crippen molar-refractivity contribution in [2.75, 3.05) is 0 Å². The zero-order valence-electron chi connectivity index (χ0n) is 14.3. The summed E-state index contributed by atoms with van der Waals surface area (Å²) >= 11 is 0. The van der Waals surface area contributed by atoms with Gasteiger partial charge >= 0.3 is 0 Å². The van der Waals surface area contributed by atoms with E-state index >= 15 is 0 Å². The fraction of sp³-hybridized carbons (Fsp3) is 0.200. The van der Waals surface area contributed by atoms with Gasteiger partial charge in [-0.3, -0.25) is 4.57 Å². The van der Waals surface area contributed by atoms with E-state index in [1.807, 2.05) is 37.5 Å². The van der Waals surface area contributed by atoms with Crippen LogP contribution in [0.5, 0.6) is 0 Å². The van der Waals surface area contributed by atoms with Crippen LogP contribution in [-0.2, 0) is 0 Å². The highest BCUT2D eigenvalue weighted by Gasteiger charge is 2.14. The Bertz CT molecular complexity index is 1030. The van der Waals surface area contributed by atoms with Crippen molar-refractivity contribution in [2.24, 2.45) is 0 Å². The number of aryl methyl sites for hydroxylation is 4. The Hall–Kier alpha value is -2.88. The summed E-state index contributed by atoms with van der Waals surface area (Å²) in [5, 5.41) is 0. The summed E-state index contributed by atoms with van der Waals surface area (Å²) in [6.45, 7) is 8.27. The van der Waals surface area contributed by atoms with Gasteiger partial charge in [0.1, 0.15) is 11.3 Å². The number of oxazole rings is 1. The number of hydrogen-bond donors (Lipinski definition) is 0. The number of fused-ring (bicyclic) bond motifs is 1. The Morgan fingerprint density at radius 1 is 0.958 bits per heavy atom. The standard InChI is InChI=1S/C20H19N3O/c1-12-9-13(2)19(14(3)10-12)23-8-7-21-20(23)16-5-6-17-18(11-16)24-15(4)22-17/h5-11H,1-4H3. The van der Waals surface area contributed by atoms with Crippen LogP contribution in [0, 0.1) is 27.7 Å². The number of aromatic nitrogens is 3. The minimum atomic E-state index is 0.677. The van der Waals surface area contributed by atoms with Gasteiger partial charge < -0.3 is 4.42 Å². The molecule has 4 aromatic rings. The topological polar surface area (TPSA) is 43.9 Å². The third-order valence-corrected chi connectivity index (χ3v) is 4.27. The number of imidazole rings is 1. The maximum Gasteiger partial charge on any atom is 0.192 e. The number of benzene rings is 2. The van der Waals surface area contributed by atoms with Crippen molar-refractivity contribution in [3.05, 3.63) is 65.3 Å². The molecule has 4 nitrogen and oxygen atoms in total. The highest BCUT2D eigenvalue weighted by atomic mass is 16.3. The fourth-order valence-corrected chi connectivity index (χ4v) is 3.43. The Labute approximate surface area is 140 Å². The molecule has 2 heterocycles. The largest absolute Gasteiger partial charge is 0.441 e. The van der Waals surface area contributed by atoms with Gasteiger partial charge in [0.05, 0.1) is 5.69 Å². The first-order valence-electron chi connectivity index (χ1n) is 8.02. The van der Waals surface area contributed by atoms with Crippen molar-refractivity contribution in [1.29, 1.82) is 0 Å². The van der Waals surface area contributed by atoms with Crippen LogP contribution in [0.2, 0.25) is 0 Å². The van der Waals surface area contributed by atoms with Crippen LogP contribution < -0.4 is 0 Å². The molecule has 120 valence electrons. The van der Waals surface area contributed by atoms with Crippen molar-refractivity contribution in [3.63, 3.8) is 0 Å². The van der Waals surface area contributed by atoms with E-state index in [0.717, 1.165) is 22.5 Å². The van der Waals surface area contributed by atoms with E-state index in [-0.39, 0.29) is 0 Å². The van der Waals surface area contributed by atoms with Crippen LogP contribution in [0.1, 0.15) is 22.6 Å². The van der Waals surface area contributed by atoms with Gasteiger partial charge in [-0.1, -0.05) is 17.7 Å². The average Bonchev–Trinajstić information content (AvgIpc) is 3.10.